The predicted octanol–water partition coefficient (Wildman–Crippen LogP) is 11.1. The molecule has 5 aromatic carbocycles. The Bertz CT molecular complexity index is 3470. The molecule has 0 spiro atoms. The molecule has 0 aliphatic rings. The van der Waals surface area contributed by atoms with Crippen molar-refractivity contribution in [1.82, 2.24) is 19.1 Å². The first-order valence-electron chi connectivity index (χ1n) is 23.2. The molecule has 0 fully saturated rings. The van der Waals surface area contributed by atoms with Crippen molar-refractivity contribution in [3.8, 4) is 0 Å². The molecule has 0 atom stereocenters. The molecule has 358 valence electrons. The summed E-state index contributed by atoms with van der Waals surface area (Å²) >= 11 is 7.27. The molecule has 0 saturated carbocycles. The minimum atomic E-state index is -4.32. The molecular weight excluding hydrogens is 1040 g/mol. The maximum absolute atomic E-state index is 15.0. The number of hydrogen-bond acceptors (Lipinski definition) is 8. The number of anilines is 2. The number of halogens is 2. The lowest BCUT2D eigenvalue weighted by Crippen LogP contribution is -2.36. The van der Waals surface area contributed by atoms with Gasteiger partial charge in [-0.2, -0.15) is 0 Å². The average molecular weight is 1090 g/mol. The summed E-state index contributed by atoms with van der Waals surface area (Å²) in [7, 11) is -8.63. The van der Waals surface area contributed by atoms with E-state index in [9.17, 15) is 26.4 Å². The molecular formula is C50H54Br2N6O8S2. The summed E-state index contributed by atoms with van der Waals surface area (Å²) in [6.45, 7) is 8.14. The van der Waals surface area contributed by atoms with Crippen LogP contribution >= 0.6 is 31.9 Å². The lowest BCUT2D eigenvalue weighted by Gasteiger charge is -2.20. The number of aryl methyl sites for hydroxylation is 2. The Morgan fingerprint density at radius 3 is 1.15 bits per heavy atom. The number of rotatable bonds is 20. The summed E-state index contributed by atoms with van der Waals surface area (Å²) in [6, 6.07) is 15.1. The Labute approximate surface area is 410 Å². The van der Waals surface area contributed by atoms with Crippen molar-refractivity contribution in [2.24, 2.45) is 0 Å². The highest BCUT2D eigenvalue weighted by atomic mass is 79.9. The fraction of sp³-hybridized carbons (Fsp3) is 0.360. The molecule has 0 unspecified atom stereocenters. The minimum absolute atomic E-state index is 0.0443. The van der Waals surface area contributed by atoms with Crippen molar-refractivity contribution in [1.29, 1.82) is 0 Å². The number of pyridine rings is 2. The van der Waals surface area contributed by atoms with Crippen LogP contribution in [0.3, 0.4) is 0 Å². The van der Waals surface area contributed by atoms with E-state index in [0.717, 1.165) is 75.3 Å². The average Bonchev–Trinajstić information content (AvgIpc) is 3.29. The van der Waals surface area contributed by atoms with Crippen LogP contribution in [0.25, 0.3) is 54.4 Å². The highest BCUT2D eigenvalue weighted by molar-refractivity contribution is 9.13. The number of benzene rings is 5. The molecule has 0 aliphatic carbocycles. The van der Waals surface area contributed by atoms with E-state index in [2.05, 4.69) is 65.1 Å². The lowest BCUT2D eigenvalue weighted by atomic mass is 9.94. The number of aromatic nitrogens is 4. The third-order valence-corrected chi connectivity index (χ3v) is 17.6. The van der Waals surface area contributed by atoms with Crippen molar-refractivity contribution in [2.45, 2.75) is 128 Å². The normalized spacial score (nSPS) is 12.4. The number of aromatic amines is 2. The molecule has 18 heteroatoms. The molecule has 0 amide bonds. The Morgan fingerprint density at radius 2 is 0.794 bits per heavy atom. The molecule has 3 heterocycles. The van der Waals surface area contributed by atoms with E-state index in [1.807, 2.05) is 13.8 Å². The quantitative estimate of drug-likeness (QED) is 0.0328. The van der Waals surface area contributed by atoms with Gasteiger partial charge in [-0.25, -0.2) is 16.8 Å². The molecule has 8 aromatic rings. The summed E-state index contributed by atoms with van der Waals surface area (Å²) in [5.74, 6) is 0. The first-order chi connectivity index (χ1) is 32.5. The maximum atomic E-state index is 15.0. The van der Waals surface area contributed by atoms with Crippen LogP contribution in [0.5, 0.6) is 0 Å². The van der Waals surface area contributed by atoms with Gasteiger partial charge in [0.25, 0.3) is 42.3 Å². The topological polar surface area (TPSA) is 202 Å². The van der Waals surface area contributed by atoms with Crippen molar-refractivity contribution in [3.63, 3.8) is 0 Å². The third-order valence-electron chi connectivity index (χ3n) is 12.8. The van der Waals surface area contributed by atoms with Gasteiger partial charge in [0.1, 0.15) is 0 Å². The number of nitrogens with one attached hydrogen (secondary N) is 4. The van der Waals surface area contributed by atoms with E-state index in [1.165, 1.54) is 45.5 Å². The number of hydrogen-bond donors (Lipinski definition) is 4. The molecule has 0 bridgehead atoms. The zero-order valence-corrected chi connectivity index (χ0v) is 43.2. The van der Waals surface area contributed by atoms with E-state index >= 15 is 9.59 Å². The highest BCUT2D eigenvalue weighted by Gasteiger charge is 2.30. The standard InChI is InChI=1S/C50H54Br2N6O8S2/c1-5-7-9-11-13-15-25-57-47(59)39-37-38-40(44(52)43(39)51)48(60)58(26-16-14-12-10-8-6-2)50(62)42(38)46-45(41(37)49(57)61)53-33-27-35(55-67(63,64)31-21-17-29(3)18-22-31)36(28-34(33)54-46)56-68(65,66)32-23-19-30(4)20-24-32/h17-24,27-28,53-56H,5-16,25-26H2,1-4H3. The smallest absolute Gasteiger partial charge is 0.263 e. The van der Waals surface area contributed by atoms with Crippen LogP contribution < -0.4 is 31.7 Å². The van der Waals surface area contributed by atoms with Crippen LogP contribution in [-0.2, 0) is 33.1 Å². The number of H-pyrrole nitrogens is 2. The van der Waals surface area contributed by atoms with Gasteiger partial charge < -0.3 is 9.97 Å². The van der Waals surface area contributed by atoms with Gasteiger partial charge >= 0.3 is 0 Å². The Hall–Kier alpha value is -5.30. The molecule has 8 rings (SSSR count). The molecule has 0 radical (unpaired) electrons. The summed E-state index contributed by atoms with van der Waals surface area (Å²) in [4.78, 5) is 65.8. The van der Waals surface area contributed by atoms with Gasteiger partial charge in [0.2, 0.25) is 0 Å². The van der Waals surface area contributed by atoms with E-state index < -0.39 is 42.3 Å². The summed E-state index contributed by atoms with van der Waals surface area (Å²) in [5, 5.41) is 0.597. The van der Waals surface area contributed by atoms with Gasteiger partial charge in [0.05, 0.1) is 64.8 Å². The second-order valence-electron chi connectivity index (χ2n) is 17.7. The zero-order valence-electron chi connectivity index (χ0n) is 38.4. The summed E-state index contributed by atoms with van der Waals surface area (Å²) in [6.07, 6.45) is 10.9. The molecule has 68 heavy (non-hydrogen) atoms. The molecule has 0 saturated heterocycles. The number of unbranched alkanes of at least 4 members (excludes halogenated alkanes) is 10. The minimum Gasteiger partial charge on any atom is -0.351 e. The first-order valence-corrected chi connectivity index (χ1v) is 27.7. The number of fused-ring (bicyclic) bond motifs is 4. The summed E-state index contributed by atoms with van der Waals surface area (Å²) in [5.41, 5.74) is -0.343. The van der Waals surface area contributed by atoms with Gasteiger partial charge in [-0.3, -0.25) is 37.8 Å². The van der Waals surface area contributed by atoms with E-state index in [0.29, 0.717) is 12.8 Å². The molecule has 3 aromatic heterocycles. The SMILES string of the molecule is CCCCCCCCn1c(=O)c2c(Br)c(Br)c3c(=O)n(CCCCCCCC)c(=O)c4c5[nH]c6cc(NS(=O)(=O)c7ccc(C)cc7)c(NS(=O)(=O)c7ccc(C)cc7)cc6[nH]c5c(c1=O)c2c34. The summed E-state index contributed by atoms with van der Waals surface area (Å²) < 4.78 is 64.1. The van der Waals surface area contributed by atoms with Crippen LogP contribution in [0, 0.1) is 13.8 Å². The van der Waals surface area contributed by atoms with Crippen LogP contribution in [0.2, 0.25) is 0 Å². The Kier molecular flexibility index (Phi) is 14.4. The number of nitrogens with zero attached hydrogens (tertiary/aromatic N) is 2. The van der Waals surface area contributed by atoms with Crippen molar-refractivity contribution in [2.75, 3.05) is 9.44 Å². The largest absolute Gasteiger partial charge is 0.351 e. The highest BCUT2D eigenvalue weighted by Crippen LogP contribution is 2.43. The molecule has 4 N–H and O–H groups in total. The second kappa shape index (κ2) is 20.0. The van der Waals surface area contributed by atoms with Crippen LogP contribution in [0.15, 0.2) is 98.6 Å². The van der Waals surface area contributed by atoms with Gasteiger partial charge in [-0.15, -0.1) is 0 Å². The molecule has 14 nitrogen and oxygen atoms in total. The Morgan fingerprint density at radius 1 is 0.471 bits per heavy atom. The van der Waals surface area contributed by atoms with Crippen molar-refractivity contribution in [3.05, 3.63) is 122 Å². The first kappa shape index (κ1) is 49.1. The second-order valence-corrected chi connectivity index (χ2v) is 22.7. The Balaban J connectivity index is 1.44. The molecule has 0 aliphatic heterocycles. The van der Waals surface area contributed by atoms with Gasteiger partial charge in [0.15, 0.2) is 0 Å². The maximum Gasteiger partial charge on any atom is 0.263 e. The fourth-order valence-electron chi connectivity index (χ4n) is 9.09. The predicted molar refractivity (Wildman–Crippen MR) is 281 cm³/mol. The zero-order chi connectivity index (χ0) is 48.7. The van der Waals surface area contributed by atoms with Crippen molar-refractivity contribution >= 4 is 118 Å². The van der Waals surface area contributed by atoms with Gasteiger partial charge in [0, 0.05) is 32.8 Å². The van der Waals surface area contributed by atoms with Crippen LogP contribution in [-0.4, -0.2) is 35.9 Å². The number of sulfonamides is 2. The van der Waals surface area contributed by atoms with Gasteiger partial charge in [-0.1, -0.05) is 113 Å². The third kappa shape index (κ3) is 9.28. The van der Waals surface area contributed by atoms with Gasteiger partial charge in [-0.05, 0) is 94.9 Å². The lowest BCUT2D eigenvalue weighted by molar-refractivity contribution is 0.545. The monoisotopic (exact) mass is 1090 g/mol. The van der Waals surface area contributed by atoms with E-state index in [1.54, 1.807) is 24.3 Å². The van der Waals surface area contributed by atoms with Crippen molar-refractivity contribution < 1.29 is 16.8 Å². The van der Waals surface area contributed by atoms with Crippen LogP contribution in [0.1, 0.15) is 102 Å². The van der Waals surface area contributed by atoms with Crippen LogP contribution in [0.4, 0.5) is 11.4 Å². The fourth-order valence-corrected chi connectivity index (χ4v) is 12.4. The van der Waals surface area contributed by atoms with E-state index in [-0.39, 0.29) is 97.6 Å². The van der Waals surface area contributed by atoms with E-state index in [4.69, 9.17) is 0 Å².